The maximum absolute atomic E-state index is 12.7. The topological polar surface area (TPSA) is 78.9 Å². The lowest BCUT2D eigenvalue weighted by molar-refractivity contribution is -0.167. The van der Waals surface area contributed by atoms with Crippen LogP contribution in [0, 0.1) is 0 Å². The molecule has 66 heavy (non-hydrogen) atoms. The fraction of sp³-hybridized carbons (Fsp3) is 0.850. The number of carbonyl (C=O) groups is 3. The Morgan fingerprint density at radius 1 is 0.303 bits per heavy atom. The SMILES string of the molecule is CCCC/C=C\CCCCCCCC(=O)OC(COC(=O)CCCCCCCC)COC(=O)CCCCCCCCCCCCCCCCCCCCC/C=C\C/C=C\CCCCCCC. The molecule has 0 aliphatic rings. The number of ether oxygens (including phenoxy) is 3. The molecule has 0 aliphatic carbocycles. The highest BCUT2D eigenvalue weighted by molar-refractivity contribution is 5.71. The van der Waals surface area contributed by atoms with Gasteiger partial charge in [-0.15, -0.1) is 0 Å². The van der Waals surface area contributed by atoms with Gasteiger partial charge in [-0.05, 0) is 70.6 Å². The average molecular weight is 928 g/mol. The van der Waals surface area contributed by atoms with E-state index in [0.29, 0.717) is 19.3 Å². The first-order valence-corrected chi connectivity index (χ1v) is 29.0. The smallest absolute Gasteiger partial charge is 0.306 e. The lowest BCUT2D eigenvalue weighted by Gasteiger charge is -2.18. The summed E-state index contributed by atoms with van der Waals surface area (Å²) < 4.78 is 16.7. The second-order valence-corrected chi connectivity index (χ2v) is 19.6. The quantitative estimate of drug-likeness (QED) is 0.0262. The molecule has 1 unspecified atom stereocenters. The first-order valence-electron chi connectivity index (χ1n) is 29.0. The summed E-state index contributed by atoms with van der Waals surface area (Å²) in [5.74, 6) is -0.880. The molecule has 0 N–H and O–H groups in total. The molecule has 0 rings (SSSR count). The highest BCUT2D eigenvalue weighted by Gasteiger charge is 2.19. The molecule has 0 heterocycles. The van der Waals surface area contributed by atoms with Crippen LogP contribution in [0.15, 0.2) is 36.5 Å². The van der Waals surface area contributed by atoms with Crippen molar-refractivity contribution in [1.29, 1.82) is 0 Å². The van der Waals surface area contributed by atoms with Crippen molar-refractivity contribution in [3.8, 4) is 0 Å². The number of carbonyl (C=O) groups excluding carboxylic acids is 3. The summed E-state index contributed by atoms with van der Waals surface area (Å²) in [4.78, 5) is 37.7. The molecule has 0 amide bonds. The summed E-state index contributed by atoms with van der Waals surface area (Å²) in [7, 11) is 0. The van der Waals surface area contributed by atoms with Crippen molar-refractivity contribution < 1.29 is 28.6 Å². The van der Waals surface area contributed by atoms with Gasteiger partial charge in [0.15, 0.2) is 6.10 Å². The minimum atomic E-state index is -0.769. The van der Waals surface area contributed by atoms with Gasteiger partial charge >= 0.3 is 17.9 Å². The van der Waals surface area contributed by atoms with Crippen LogP contribution in [-0.2, 0) is 28.6 Å². The Bertz CT molecular complexity index is 1110. The minimum absolute atomic E-state index is 0.0720. The maximum Gasteiger partial charge on any atom is 0.306 e. The van der Waals surface area contributed by atoms with Gasteiger partial charge in [-0.25, -0.2) is 0 Å². The Hall–Kier alpha value is -2.37. The first-order chi connectivity index (χ1) is 32.5. The molecular formula is C60H110O6. The summed E-state index contributed by atoms with van der Waals surface area (Å²) in [5.41, 5.74) is 0. The van der Waals surface area contributed by atoms with Gasteiger partial charge in [0, 0.05) is 19.3 Å². The van der Waals surface area contributed by atoms with E-state index in [1.807, 2.05) is 0 Å². The van der Waals surface area contributed by atoms with Crippen molar-refractivity contribution in [3.05, 3.63) is 36.5 Å². The number of esters is 3. The third kappa shape index (κ3) is 52.6. The molecule has 0 radical (unpaired) electrons. The van der Waals surface area contributed by atoms with E-state index in [1.165, 1.54) is 199 Å². The average Bonchev–Trinajstić information content (AvgIpc) is 3.31. The van der Waals surface area contributed by atoms with Crippen LogP contribution in [0.2, 0.25) is 0 Å². The highest BCUT2D eigenvalue weighted by atomic mass is 16.6. The van der Waals surface area contributed by atoms with Crippen LogP contribution in [0.1, 0.15) is 310 Å². The van der Waals surface area contributed by atoms with E-state index in [0.717, 1.165) is 70.6 Å². The number of allylic oxidation sites excluding steroid dienone is 6. The predicted molar refractivity (Wildman–Crippen MR) is 284 cm³/mol. The van der Waals surface area contributed by atoms with Gasteiger partial charge in [0.05, 0.1) is 0 Å². The number of rotatable bonds is 53. The summed E-state index contributed by atoms with van der Waals surface area (Å²) in [6.45, 7) is 6.55. The van der Waals surface area contributed by atoms with Crippen LogP contribution in [0.25, 0.3) is 0 Å². The summed E-state index contributed by atoms with van der Waals surface area (Å²) in [5, 5.41) is 0. The summed E-state index contributed by atoms with van der Waals surface area (Å²) in [6.07, 6.45) is 66.3. The van der Waals surface area contributed by atoms with Gasteiger partial charge in [0.1, 0.15) is 13.2 Å². The zero-order valence-electron chi connectivity index (χ0n) is 44.2. The normalized spacial score (nSPS) is 12.2. The zero-order chi connectivity index (χ0) is 47.9. The molecule has 0 saturated carbocycles. The van der Waals surface area contributed by atoms with Gasteiger partial charge in [-0.2, -0.15) is 0 Å². The van der Waals surface area contributed by atoms with Crippen molar-refractivity contribution in [1.82, 2.24) is 0 Å². The lowest BCUT2D eigenvalue weighted by Crippen LogP contribution is -2.30. The first kappa shape index (κ1) is 63.6. The fourth-order valence-corrected chi connectivity index (χ4v) is 8.46. The molecule has 0 aliphatic heterocycles. The Morgan fingerprint density at radius 3 is 0.894 bits per heavy atom. The van der Waals surface area contributed by atoms with Crippen LogP contribution in [0.3, 0.4) is 0 Å². The van der Waals surface area contributed by atoms with Gasteiger partial charge in [-0.3, -0.25) is 14.4 Å². The molecule has 0 aromatic heterocycles. The Balaban J connectivity index is 3.91. The third-order valence-corrected chi connectivity index (χ3v) is 12.9. The number of hydrogen-bond acceptors (Lipinski definition) is 6. The molecule has 0 fully saturated rings. The molecule has 6 heteroatoms. The van der Waals surface area contributed by atoms with Crippen LogP contribution < -0.4 is 0 Å². The van der Waals surface area contributed by atoms with Crippen LogP contribution in [-0.4, -0.2) is 37.2 Å². The Kier molecular flexibility index (Phi) is 53.2. The third-order valence-electron chi connectivity index (χ3n) is 12.9. The molecular weight excluding hydrogens is 817 g/mol. The number of unbranched alkanes of at least 4 members (excludes halogenated alkanes) is 36. The van der Waals surface area contributed by atoms with E-state index in [9.17, 15) is 14.4 Å². The molecule has 0 spiro atoms. The lowest BCUT2D eigenvalue weighted by atomic mass is 10.0. The van der Waals surface area contributed by atoms with Crippen LogP contribution in [0.5, 0.6) is 0 Å². The molecule has 386 valence electrons. The highest BCUT2D eigenvalue weighted by Crippen LogP contribution is 2.17. The fourth-order valence-electron chi connectivity index (χ4n) is 8.46. The molecule has 6 nitrogen and oxygen atoms in total. The van der Waals surface area contributed by atoms with E-state index in [4.69, 9.17) is 14.2 Å². The van der Waals surface area contributed by atoms with Crippen molar-refractivity contribution in [2.45, 2.75) is 316 Å². The zero-order valence-corrected chi connectivity index (χ0v) is 44.2. The van der Waals surface area contributed by atoms with Crippen molar-refractivity contribution in [2.24, 2.45) is 0 Å². The van der Waals surface area contributed by atoms with E-state index < -0.39 is 6.10 Å². The maximum atomic E-state index is 12.7. The minimum Gasteiger partial charge on any atom is -0.462 e. The number of hydrogen-bond donors (Lipinski definition) is 0. The molecule has 0 bridgehead atoms. The Labute approximate surface area is 410 Å². The monoisotopic (exact) mass is 927 g/mol. The summed E-state index contributed by atoms with van der Waals surface area (Å²) in [6, 6.07) is 0. The van der Waals surface area contributed by atoms with Crippen molar-refractivity contribution in [3.63, 3.8) is 0 Å². The standard InChI is InChI=1S/C60H110O6/c1-4-7-10-13-16-18-20-21-22-23-24-25-26-27-28-29-30-31-32-33-34-35-36-37-38-39-41-42-44-47-50-53-59(62)65-56-57(55-64-58(61)52-49-46-15-12-9-6-3)66-60(63)54-51-48-45-43-40-19-17-14-11-8-5-2/h14,17,20-21,23-24,57H,4-13,15-16,18-19,22,25-56H2,1-3H3/b17-14-,21-20-,24-23-. The van der Waals surface area contributed by atoms with Gasteiger partial charge in [0.25, 0.3) is 0 Å². The van der Waals surface area contributed by atoms with Crippen molar-refractivity contribution >= 4 is 17.9 Å². The Morgan fingerprint density at radius 2 is 0.561 bits per heavy atom. The van der Waals surface area contributed by atoms with Crippen LogP contribution >= 0.6 is 0 Å². The predicted octanol–water partition coefficient (Wildman–Crippen LogP) is 19.3. The van der Waals surface area contributed by atoms with Gasteiger partial charge in [0.2, 0.25) is 0 Å². The van der Waals surface area contributed by atoms with E-state index in [1.54, 1.807) is 0 Å². The largest absolute Gasteiger partial charge is 0.462 e. The van der Waals surface area contributed by atoms with Gasteiger partial charge in [-0.1, -0.05) is 256 Å². The molecule has 0 saturated heterocycles. The second kappa shape index (κ2) is 55.2. The van der Waals surface area contributed by atoms with E-state index >= 15 is 0 Å². The van der Waals surface area contributed by atoms with Crippen LogP contribution in [0.4, 0.5) is 0 Å². The second-order valence-electron chi connectivity index (χ2n) is 19.6. The van der Waals surface area contributed by atoms with Gasteiger partial charge < -0.3 is 14.2 Å². The molecule has 0 aromatic rings. The molecule has 0 aromatic carbocycles. The van der Waals surface area contributed by atoms with E-state index in [-0.39, 0.29) is 31.1 Å². The molecule has 1 atom stereocenters. The summed E-state index contributed by atoms with van der Waals surface area (Å²) >= 11 is 0. The van der Waals surface area contributed by atoms with E-state index in [2.05, 4.69) is 57.2 Å². The van der Waals surface area contributed by atoms with Crippen molar-refractivity contribution in [2.75, 3.05) is 13.2 Å².